The smallest absolute Gasteiger partial charge is 0.427 e. The van der Waals surface area contributed by atoms with Crippen LogP contribution in [0, 0.1) is 0 Å². The molecule has 2 aromatic heterocycles. The fourth-order valence-electron chi connectivity index (χ4n) is 1.80. The molecule has 2 saturated carbocycles. The fraction of sp³-hybridized carbons (Fsp3) is 0.375. The molecule has 128 valence electrons. The molecule has 0 spiro atoms. The number of pyridine rings is 2. The lowest BCUT2D eigenvalue weighted by atomic mass is 9.84. The van der Waals surface area contributed by atoms with Crippen LogP contribution in [-0.2, 0) is 0 Å². The van der Waals surface area contributed by atoms with E-state index >= 15 is 0 Å². The van der Waals surface area contributed by atoms with Crippen LogP contribution in [0.5, 0.6) is 0 Å². The summed E-state index contributed by atoms with van der Waals surface area (Å²) in [6.45, 7) is 0. The number of hydrogen-bond donors (Lipinski definition) is 2. The van der Waals surface area contributed by atoms with Crippen molar-refractivity contribution in [2.75, 3.05) is 0 Å². The highest BCUT2D eigenvalue weighted by atomic mass is 79.9. The molecule has 2 N–H and O–H groups in total. The van der Waals surface area contributed by atoms with Crippen molar-refractivity contribution in [2.24, 2.45) is 0 Å². The number of nitrogens with zero attached hydrogens (tertiary/aromatic N) is 2. The molecule has 2 heterocycles. The molecule has 0 aliphatic heterocycles. The van der Waals surface area contributed by atoms with E-state index in [0.717, 1.165) is 23.2 Å². The molecule has 2 aliphatic rings. The van der Waals surface area contributed by atoms with E-state index < -0.39 is 7.12 Å². The van der Waals surface area contributed by atoms with E-state index in [1.807, 2.05) is 18.3 Å². The van der Waals surface area contributed by atoms with Crippen LogP contribution in [0.25, 0.3) is 0 Å². The Bertz CT molecular complexity index is 600. The number of hydrogen-bond acceptors (Lipinski definition) is 4. The molecule has 2 aromatic rings. The van der Waals surface area contributed by atoms with Crippen molar-refractivity contribution in [2.45, 2.75) is 37.4 Å². The Labute approximate surface area is 160 Å². The van der Waals surface area contributed by atoms with Gasteiger partial charge in [-0.15, -0.1) is 0 Å². The van der Waals surface area contributed by atoms with E-state index in [4.69, 9.17) is 33.2 Å². The molecule has 4 rings (SSSR count). The predicted molar refractivity (Wildman–Crippen MR) is 101 cm³/mol. The highest BCUT2D eigenvalue weighted by molar-refractivity contribution is 9.10. The van der Waals surface area contributed by atoms with E-state index in [1.54, 1.807) is 12.3 Å². The molecule has 0 amide bonds. The molecule has 0 saturated heterocycles. The molecular formula is C16H18BBrCl2N2O2. The van der Waals surface area contributed by atoms with Crippen LogP contribution < -0.4 is 0 Å². The minimum atomic E-state index is -1.04. The summed E-state index contributed by atoms with van der Waals surface area (Å²) in [7, 11) is -1.04. The summed E-state index contributed by atoms with van der Waals surface area (Å²) in [6.07, 6.45) is 8.17. The van der Waals surface area contributed by atoms with Crippen molar-refractivity contribution in [3.63, 3.8) is 0 Å². The average Bonchev–Trinajstić information content (AvgIpc) is 3.43. The summed E-state index contributed by atoms with van der Waals surface area (Å²) in [6, 6.07) is 7.49. The quantitative estimate of drug-likeness (QED) is 0.532. The van der Waals surface area contributed by atoms with Gasteiger partial charge in [0, 0.05) is 16.9 Å². The van der Waals surface area contributed by atoms with Gasteiger partial charge in [0.25, 0.3) is 0 Å². The van der Waals surface area contributed by atoms with Crippen molar-refractivity contribution in [1.29, 1.82) is 0 Å². The normalized spacial score (nSPS) is 15.5. The summed E-state index contributed by atoms with van der Waals surface area (Å²) in [5.41, 5.74) is 1.34. The second kappa shape index (κ2) is 9.73. The van der Waals surface area contributed by atoms with Crippen LogP contribution in [0.15, 0.2) is 41.1 Å². The van der Waals surface area contributed by atoms with E-state index in [-0.39, 0.29) is 5.82 Å². The van der Waals surface area contributed by atoms with Crippen LogP contribution in [0.3, 0.4) is 0 Å². The van der Waals surface area contributed by atoms with Crippen LogP contribution >= 0.6 is 39.1 Å². The summed E-state index contributed by atoms with van der Waals surface area (Å²) in [5.74, 6) is 0.995. The van der Waals surface area contributed by atoms with Gasteiger partial charge in [-0.25, -0.2) is 9.97 Å². The van der Waals surface area contributed by atoms with E-state index in [0.29, 0.717) is 10.3 Å². The first kappa shape index (κ1) is 19.7. The number of rotatable bonds is 2. The first-order valence-electron chi connectivity index (χ1n) is 7.70. The second-order valence-electron chi connectivity index (χ2n) is 5.74. The maximum Gasteiger partial charge on any atom is 0.454 e. The topological polar surface area (TPSA) is 66.2 Å². The Morgan fingerprint density at radius 3 is 1.79 bits per heavy atom. The molecule has 2 aliphatic carbocycles. The van der Waals surface area contributed by atoms with Crippen LogP contribution in [0.4, 0.5) is 0 Å². The molecule has 0 aromatic carbocycles. The minimum Gasteiger partial charge on any atom is -0.427 e. The number of aromatic nitrogens is 2. The Balaban J connectivity index is 0.000000135. The standard InChI is InChI=1S/C8H8ClN.C5H3BrClN.C3H7BO2/c9-8-4-3-7(5-10-8)6-1-2-6;6-4-1-2-5(7)8-3-4;5-4(6)3-1-2-3/h3-6H,1-2H2;1-3H;3,5-6H,1-2H2. The Morgan fingerprint density at radius 2 is 1.50 bits per heavy atom. The molecule has 8 heteroatoms. The van der Waals surface area contributed by atoms with Gasteiger partial charge >= 0.3 is 7.12 Å². The van der Waals surface area contributed by atoms with Gasteiger partial charge in [-0.2, -0.15) is 0 Å². The van der Waals surface area contributed by atoms with Gasteiger partial charge in [-0.3, -0.25) is 0 Å². The Morgan fingerprint density at radius 1 is 0.917 bits per heavy atom. The molecular weight excluding hydrogens is 414 g/mol. The molecule has 0 atom stereocenters. The molecule has 24 heavy (non-hydrogen) atoms. The maximum absolute atomic E-state index is 8.25. The van der Waals surface area contributed by atoms with Crippen molar-refractivity contribution in [1.82, 2.24) is 9.97 Å². The summed E-state index contributed by atoms with van der Waals surface area (Å²) in [4.78, 5) is 7.80. The molecule has 0 radical (unpaired) electrons. The lowest BCUT2D eigenvalue weighted by molar-refractivity contribution is 0.403. The van der Waals surface area contributed by atoms with Gasteiger partial charge < -0.3 is 10.0 Å². The van der Waals surface area contributed by atoms with Crippen molar-refractivity contribution < 1.29 is 10.0 Å². The molecule has 4 nitrogen and oxygen atoms in total. The van der Waals surface area contributed by atoms with Crippen molar-refractivity contribution in [3.8, 4) is 0 Å². The highest BCUT2D eigenvalue weighted by Crippen LogP contribution is 2.39. The Hall–Kier alpha value is -0.655. The fourth-order valence-corrected chi connectivity index (χ4v) is 2.26. The van der Waals surface area contributed by atoms with Gasteiger partial charge in [-0.05, 0) is 64.3 Å². The zero-order valence-corrected chi connectivity index (χ0v) is 16.0. The van der Waals surface area contributed by atoms with E-state index in [1.165, 1.54) is 18.4 Å². The van der Waals surface area contributed by atoms with Gasteiger partial charge in [0.1, 0.15) is 10.3 Å². The van der Waals surface area contributed by atoms with Crippen LogP contribution in [0.2, 0.25) is 16.1 Å². The van der Waals surface area contributed by atoms with Crippen LogP contribution in [0.1, 0.15) is 37.2 Å². The van der Waals surface area contributed by atoms with Gasteiger partial charge in [-0.1, -0.05) is 42.1 Å². The lowest BCUT2D eigenvalue weighted by Gasteiger charge is -1.94. The minimum absolute atomic E-state index is 0.213. The zero-order valence-electron chi connectivity index (χ0n) is 12.9. The van der Waals surface area contributed by atoms with Crippen LogP contribution in [-0.4, -0.2) is 27.1 Å². The van der Waals surface area contributed by atoms with Gasteiger partial charge in [0.15, 0.2) is 0 Å². The highest BCUT2D eigenvalue weighted by Gasteiger charge is 2.33. The lowest BCUT2D eigenvalue weighted by Crippen LogP contribution is -2.09. The third-order valence-electron chi connectivity index (χ3n) is 3.53. The third kappa shape index (κ3) is 7.95. The largest absolute Gasteiger partial charge is 0.454 e. The average molecular weight is 432 g/mol. The summed E-state index contributed by atoms with van der Waals surface area (Å²) < 4.78 is 0.946. The Kier molecular flexibility index (Phi) is 7.97. The molecule has 0 bridgehead atoms. The summed E-state index contributed by atoms with van der Waals surface area (Å²) >= 11 is 14.3. The third-order valence-corrected chi connectivity index (χ3v) is 4.45. The zero-order chi connectivity index (χ0) is 17.5. The van der Waals surface area contributed by atoms with Crippen molar-refractivity contribution in [3.05, 3.63) is 57.0 Å². The summed E-state index contributed by atoms with van der Waals surface area (Å²) in [5, 5.41) is 17.6. The predicted octanol–water partition coefficient (Wildman–Crippen LogP) is 4.73. The molecule has 2 fully saturated rings. The SMILES string of the molecule is Clc1ccc(Br)cn1.Clc1ccc(C2CC2)cn1.OB(O)C1CC1. The number of halogens is 3. The first-order valence-corrected chi connectivity index (χ1v) is 9.25. The monoisotopic (exact) mass is 430 g/mol. The van der Waals surface area contributed by atoms with E-state index in [2.05, 4.69) is 32.0 Å². The van der Waals surface area contributed by atoms with Crippen molar-refractivity contribution >= 4 is 46.3 Å². The van der Waals surface area contributed by atoms with Gasteiger partial charge in [0.05, 0.1) is 0 Å². The first-order chi connectivity index (χ1) is 11.5. The maximum atomic E-state index is 8.25. The van der Waals surface area contributed by atoms with E-state index in [9.17, 15) is 0 Å². The second-order valence-corrected chi connectivity index (χ2v) is 7.43. The van der Waals surface area contributed by atoms with Gasteiger partial charge in [0.2, 0.25) is 0 Å². The molecule has 0 unspecified atom stereocenters.